The van der Waals surface area contributed by atoms with Gasteiger partial charge in [0.2, 0.25) is 5.91 Å². The van der Waals surface area contributed by atoms with E-state index in [1.807, 2.05) is 0 Å². The molecule has 0 radical (unpaired) electrons. The zero-order valence-corrected chi connectivity index (χ0v) is 12.3. The van der Waals surface area contributed by atoms with Gasteiger partial charge in [-0.15, -0.1) is 0 Å². The van der Waals surface area contributed by atoms with Gasteiger partial charge in [-0.05, 0) is 51.0 Å². The van der Waals surface area contributed by atoms with Crippen LogP contribution in [-0.4, -0.2) is 47.4 Å². The number of likely N-dealkylation sites (tertiary alicyclic amines) is 2. The SMILES string of the molecule is CC(=O)N1CCC[C@@H]1[C@H]1CCCN1CC1CCCC1. The van der Waals surface area contributed by atoms with Crippen LogP contribution in [0.3, 0.4) is 0 Å². The Morgan fingerprint density at radius 2 is 1.63 bits per heavy atom. The van der Waals surface area contributed by atoms with E-state index < -0.39 is 0 Å². The van der Waals surface area contributed by atoms with Crippen molar-refractivity contribution in [3.05, 3.63) is 0 Å². The highest BCUT2D eigenvalue weighted by Gasteiger charge is 2.39. The molecule has 2 aliphatic heterocycles. The molecule has 1 aliphatic carbocycles. The summed E-state index contributed by atoms with van der Waals surface area (Å²) >= 11 is 0. The van der Waals surface area contributed by atoms with Gasteiger partial charge in [-0.2, -0.15) is 0 Å². The van der Waals surface area contributed by atoms with Gasteiger partial charge in [0, 0.05) is 32.1 Å². The largest absolute Gasteiger partial charge is 0.338 e. The monoisotopic (exact) mass is 264 g/mol. The van der Waals surface area contributed by atoms with E-state index >= 15 is 0 Å². The van der Waals surface area contributed by atoms with E-state index in [-0.39, 0.29) is 5.91 Å². The van der Waals surface area contributed by atoms with E-state index in [1.165, 1.54) is 64.5 Å². The maximum atomic E-state index is 11.8. The molecule has 2 heterocycles. The lowest BCUT2D eigenvalue weighted by Gasteiger charge is -2.35. The summed E-state index contributed by atoms with van der Waals surface area (Å²) in [5, 5.41) is 0. The Morgan fingerprint density at radius 1 is 0.947 bits per heavy atom. The van der Waals surface area contributed by atoms with Crippen LogP contribution in [0.2, 0.25) is 0 Å². The summed E-state index contributed by atoms with van der Waals surface area (Å²) in [4.78, 5) is 16.6. The second-order valence-electron chi connectivity index (χ2n) is 6.78. The molecule has 2 atom stereocenters. The van der Waals surface area contributed by atoms with Crippen molar-refractivity contribution < 1.29 is 4.79 Å². The molecule has 3 aliphatic rings. The topological polar surface area (TPSA) is 23.6 Å². The van der Waals surface area contributed by atoms with Crippen molar-refractivity contribution in [2.75, 3.05) is 19.6 Å². The molecule has 3 rings (SSSR count). The first-order valence-corrected chi connectivity index (χ1v) is 8.27. The summed E-state index contributed by atoms with van der Waals surface area (Å²) in [6.45, 7) is 5.30. The van der Waals surface area contributed by atoms with Crippen molar-refractivity contribution in [2.45, 2.75) is 70.4 Å². The Labute approximate surface area is 117 Å². The summed E-state index contributed by atoms with van der Waals surface area (Å²) in [7, 11) is 0. The number of carbonyl (C=O) groups is 1. The first-order chi connectivity index (χ1) is 9.25. The average Bonchev–Trinajstić information content (AvgIpc) is 3.08. The molecule has 0 aromatic rings. The van der Waals surface area contributed by atoms with Gasteiger partial charge in [0.25, 0.3) is 0 Å². The van der Waals surface area contributed by atoms with Gasteiger partial charge in [0.15, 0.2) is 0 Å². The molecule has 3 nitrogen and oxygen atoms in total. The highest BCUT2D eigenvalue weighted by Crippen LogP contribution is 2.33. The van der Waals surface area contributed by atoms with Gasteiger partial charge in [-0.25, -0.2) is 0 Å². The fourth-order valence-corrected chi connectivity index (χ4v) is 4.62. The Bertz CT molecular complexity index is 325. The third-order valence-electron chi connectivity index (χ3n) is 5.53. The fourth-order valence-electron chi connectivity index (χ4n) is 4.62. The zero-order valence-electron chi connectivity index (χ0n) is 12.3. The van der Waals surface area contributed by atoms with Crippen molar-refractivity contribution in [1.82, 2.24) is 9.80 Å². The molecule has 108 valence electrons. The second-order valence-corrected chi connectivity index (χ2v) is 6.78. The summed E-state index contributed by atoms with van der Waals surface area (Å²) in [6, 6.07) is 1.17. The van der Waals surface area contributed by atoms with Crippen LogP contribution in [0.5, 0.6) is 0 Å². The van der Waals surface area contributed by atoms with E-state index in [9.17, 15) is 4.79 Å². The highest BCUT2D eigenvalue weighted by atomic mass is 16.2. The molecule has 0 aromatic heterocycles. The van der Waals surface area contributed by atoms with Crippen LogP contribution in [0.15, 0.2) is 0 Å². The summed E-state index contributed by atoms with van der Waals surface area (Å²) in [6.07, 6.45) is 10.8. The minimum Gasteiger partial charge on any atom is -0.338 e. The molecule has 19 heavy (non-hydrogen) atoms. The quantitative estimate of drug-likeness (QED) is 0.782. The van der Waals surface area contributed by atoms with E-state index in [2.05, 4.69) is 9.80 Å². The van der Waals surface area contributed by atoms with Crippen molar-refractivity contribution in [3.8, 4) is 0 Å². The second kappa shape index (κ2) is 5.82. The predicted molar refractivity (Wildman–Crippen MR) is 77.0 cm³/mol. The zero-order chi connectivity index (χ0) is 13.2. The van der Waals surface area contributed by atoms with Crippen LogP contribution >= 0.6 is 0 Å². The van der Waals surface area contributed by atoms with Gasteiger partial charge in [0.1, 0.15) is 0 Å². The maximum absolute atomic E-state index is 11.8. The van der Waals surface area contributed by atoms with E-state index in [0.717, 1.165) is 12.5 Å². The van der Waals surface area contributed by atoms with Crippen molar-refractivity contribution in [2.24, 2.45) is 5.92 Å². The Balaban J connectivity index is 1.63. The molecule has 1 amide bonds. The average molecular weight is 264 g/mol. The number of carbonyl (C=O) groups excluding carboxylic acids is 1. The first kappa shape index (κ1) is 13.4. The predicted octanol–water partition coefficient (Wildman–Crippen LogP) is 2.65. The molecule has 3 fully saturated rings. The number of hydrogen-bond acceptors (Lipinski definition) is 2. The Morgan fingerprint density at radius 3 is 2.37 bits per heavy atom. The molecule has 0 spiro atoms. The van der Waals surface area contributed by atoms with Crippen LogP contribution in [0, 0.1) is 5.92 Å². The molecule has 3 heteroatoms. The fraction of sp³-hybridized carbons (Fsp3) is 0.938. The Hall–Kier alpha value is -0.570. The van der Waals surface area contributed by atoms with Gasteiger partial charge >= 0.3 is 0 Å². The normalized spacial score (nSPS) is 33.4. The van der Waals surface area contributed by atoms with E-state index in [0.29, 0.717) is 12.1 Å². The first-order valence-electron chi connectivity index (χ1n) is 8.27. The molecule has 0 unspecified atom stereocenters. The number of rotatable bonds is 3. The molecule has 0 bridgehead atoms. The maximum Gasteiger partial charge on any atom is 0.219 e. The van der Waals surface area contributed by atoms with Gasteiger partial charge < -0.3 is 4.90 Å². The summed E-state index contributed by atoms with van der Waals surface area (Å²) in [5.41, 5.74) is 0. The Kier molecular flexibility index (Phi) is 4.11. The number of nitrogens with zero attached hydrogens (tertiary/aromatic N) is 2. The highest BCUT2D eigenvalue weighted by molar-refractivity contribution is 5.74. The third kappa shape index (κ3) is 2.81. The van der Waals surface area contributed by atoms with Crippen molar-refractivity contribution >= 4 is 5.91 Å². The lowest BCUT2D eigenvalue weighted by molar-refractivity contribution is -0.130. The van der Waals surface area contributed by atoms with Crippen molar-refractivity contribution in [3.63, 3.8) is 0 Å². The minimum absolute atomic E-state index is 0.287. The molecular weight excluding hydrogens is 236 g/mol. The summed E-state index contributed by atoms with van der Waals surface area (Å²) in [5.74, 6) is 1.22. The summed E-state index contributed by atoms with van der Waals surface area (Å²) < 4.78 is 0. The standard InChI is InChI=1S/C16H28N2O/c1-13(19)18-11-5-9-16(18)15-8-4-10-17(15)12-14-6-2-3-7-14/h14-16H,2-12H2,1H3/t15-,16-/m1/s1. The van der Waals surface area contributed by atoms with Crippen LogP contribution in [-0.2, 0) is 4.79 Å². The lowest BCUT2D eigenvalue weighted by atomic mass is 10.0. The third-order valence-corrected chi connectivity index (χ3v) is 5.53. The van der Waals surface area contributed by atoms with E-state index in [4.69, 9.17) is 0 Å². The number of amides is 1. The smallest absolute Gasteiger partial charge is 0.219 e. The van der Waals surface area contributed by atoms with Gasteiger partial charge in [-0.3, -0.25) is 9.69 Å². The molecule has 0 aromatic carbocycles. The van der Waals surface area contributed by atoms with Crippen molar-refractivity contribution in [1.29, 1.82) is 0 Å². The van der Waals surface area contributed by atoms with Crippen LogP contribution in [0.25, 0.3) is 0 Å². The van der Waals surface area contributed by atoms with Crippen LogP contribution < -0.4 is 0 Å². The number of hydrogen-bond donors (Lipinski definition) is 0. The van der Waals surface area contributed by atoms with E-state index in [1.54, 1.807) is 6.92 Å². The molecule has 1 saturated carbocycles. The molecule has 2 saturated heterocycles. The van der Waals surface area contributed by atoms with Crippen LogP contribution in [0.4, 0.5) is 0 Å². The van der Waals surface area contributed by atoms with Gasteiger partial charge in [-0.1, -0.05) is 12.8 Å². The molecule has 0 N–H and O–H groups in total. The van der Waals surface area contributed by atoms with Crippen LogP contribution in [0.1, 0.15) is 58.3 Å². The van der Waals surface area contributed by atoms with Gasteiger partial charge in [0.05, 0.1) is 0 Å². The minimum atomic E-state index is 0.287. The molecular formula is C16H28N2O. The lowest BCUT2D eigenvalue weighted by Crippen LogP contribution is -2.48.